The zero-order valence-corrected chi connectivity index (χ0v) is 16.5. The van der Waals surface area contributed by atoms with Gasteiger partial charge in [0, 0.05) is 30.3 Å². The summed E-state index contributed by atoms with van der Waals surface area (Å²) < 4.78 is 34.3. The Morgan fingerprint density at radius 2 is 1.85 bits per heavy atom. The van der Waals surface area contributed by atoms with E-state index in [-0.39, 0.29) is 16.9 Å². The van der Waals surface area contributed by atoms with Crippen LogP contribution in [0.5, 0.6) is 0 Å². The van der Waals surface area contributed by atoms with Gasteiger partial charge in [0.05, 0.1) is 13.2 Å². The SMILES string of the molecule is CC(C)(C)C(=O)n1cc(C2CCNCC2)c(S(=O)(=O)N2CCOCC2)n1. The maximum absolute atomic E-state index is 13.2. The highest BCUT2D eigenvalue weighted by Gasteiger charge is 2.36. The molecule has 8 nitrogen and oxygen atoms in total. The van der Waals surface area contributed by atoms with E-state index in [1.165, 1.54) is 8.99 Å². The van der Waals surface area contributed by atoms with Crippen molar-refractivity contribution in [1.29, 1.82) is 0 Å². The first-order chi connectivity index (χ1) is 12.2. The van der Waals surface area contributed by atoms with Crippen molar-refractivity contribution in [3.63, 3.8) is 0 Å². The van der Waals surface area contributed by atoms with Crippen molar-refractivity contribution < 1.29 is 17.9 Å². The van der Waals surface area contributed by atoms with Gasteiger partial charge in [-0.25, -0.2) is 13.1 Å². The molecule has 1 aromatic rings. The average Bonchev–Trinajstić information content (AvgIpc) is 3.08. The second-order valence-corrected chi connectivity index (χ2v) is 9.78. The van der Waals surface area contributed by atoms with Crippen molar-refractivity contribution in [1.82, 2.24) is 19.4 Å². The van der Waals surface area contributed by atoms with Gasteiger partial charge in [-0.1, -0.05) is 20.8 Å². The molecular weight excluding hydrogens is 356 g/mol. The number of hydrogen-bond donors (Lipinski definition) is 1. The highest BCUT2D eigenvalue weighted by Crippen LogP contribution is 2.32. The second-order valence-electron chi connectivity index (χ2n) is 7.93. The van der Waals surface area contributed by atoms with E-state index in [4.69, 9.17) is 4.74 Å². The first-order valence-electron chi connectivity index (χ1n) is 9.14. The fourth-order valence-electron chi connectivity index (χ4n) is 3.34. The van der Waals surface area contributed by atoms with Crippen molar-refractivity contribution in [3.8, 4) is 0 Å². The van der Waals surface area contributed by atoms with E-state index in [0.29, 0.717) is 31.9 Å². The van der Waals surface area contributed by atoms with Crippen molar-refractivity contribution in [2.24, 2.45) is 5.41 Å². The molecule has 146 valence electrons. The first-order valence-corrected chi connectivity index (χ1v) is 10.6. The van der Waals surface area contributed by atoms with Crippen LogP contribution in [0, 0.1) is 5.41 Å². The molecule has 0 atom stereocenters. The smallest absolute Gasteiger partial charge is 0.262 e. The quantitative estimate of drug-likeness (QED) is 0.837. The largest absolute Gasteiger partial charge is 0.379 e. The molecule has 9 heteroatoms. The number of hydrogen-bond acceptors (Lipinski definition) is 6. The van der Waals surface area contributed by atoms with Crippen LogP contribution in [0.4, 0.5) is 0 Å². The Balaban J connectivity index is 2.03. The molecule has 0 unspecified atom stereocenters. The topological polar surface area (TPSA) is 93.5 Å². The van der Waals surface area contributed by atoms with Gasteiger partial charge in [0.2, 0.25) is 0 Å². The number of morpholine rings is 1. The van der Waals surface area contributed by atoms with Gasteiger partial charge in [-0.05, 0) is 31.8 Å². The number of nitrogens with one attached hydrogen (secondary N) is 1. The van der Waals surface area contributed by atoms with Crippen molar-refractivity contribution in [2.75, 3.05) is 39.4 Å². The standard InChI is InChI=1S/C17H28N4O4S/c1-17(2,3)16(22)21-12-14(13-4-6-18-7-5-13)15(19-21)26(23,24)20-8-10-25-11-9-20/h12-13,18H,4-11H2,1-3H3. The molecule has 0 saturated carbocycles. The van der Waals surface area contributed by atoms with Crippen LogP contribution in [0.2, 0.25) is 0 Å². The fraction of sp³-hybridized carbons (Fsp3) is 0.765. The number of piperidine rings is 1. The number of carbonyl (C=O) groups is 1. The minimum atomic E-state index is -3.75. The third kappa shape index (κ3) is 3.85. The Bertz CT molecular complexity index is 754. The predicted molar refractivity (Wildman–Crippen MR) is 96.7 cm³/mol. The highest BCUT2D eigenvalue weighted by atomic mass is 32.2. The Morgan fingerprint density at radius 3 is 2.42 bits per heavy atom. The second kappa shape index (κ2) is 7.38. The lowest BCUT2D eigenvalue weighted by atomic mass is 9.92. The summed E-state index contributed by atoms with van der Waals surface area (Å²) in [5.41, 5.74) is 0.0211. The Kier molecular flexibility index (Phi) is 5.53. The van der Waals surface area contributed by atoms with Crippen molar-refractivity contribution in [2.45, 2.75) is 44.6 Å². The summed E-state index contributed by atoms with van der Waals surface area (Å²) in [6.45, 7) is 8.46. The molecule has 2 saturated heterocycles. The Morgan fingerprint density at radius 1 is 1.23 bits per heavy atom. The van der Waals surface area contributed by atoms with Crippen LogP contribution in [0.25, 0.3) is 0 Å². The van der Waals surface area contributed by atoms with Crippen molar-refractivity contribution >= 4 is 15.9 Å². The van der Waals surface area contributed by atoms with E-state index in [1.807, 2.05) is 0 Å². The normalized spacial score (nSPS) is 21.0. The molecule has 3 rings (SSSR count). The van der Waals surface area contributed by atoms with Crippen LogP contribution in [0.1, 0.15) is 49.9 Å². The summed E-state index contributed by atoms with van der Waals surface area (Å²) in [4.78, 5) is 12.7. The number of sulfonamides is 1. The van der Waals surface area contributed by atoms with Crippen LogP contribution in [-0.4, -0.2) is 67.8 Å². The molecule has 2 fully saturated rings. The molecule has 0 aliphatic carbocycles. The molecule has 2 aliphatic heterocycles. The third-order valence-electron chi connectivity index (χ3n) is 4.89. The first kappa shape index (κ1) is 19.5. The van der Waals surface area contributed by atoms with E-state index in [9.17, 15) is 13.2 Å². The van der Waals surface area contributed by atoms with Gasteiger partial charge in [0.25, 0.3) is 15.9 Å². The van der Waals surface area contributed by atoms with Gasteiger partial charge in [-0.2, -0.15) is 9.40 Å². The summed E-state index contributed by atoms with van der Waals surface area (Å²) in [6.07, 6.45) is 3.30. The Hall–Kier alpha value is -1.29. The molecule has 3 heterocycles. The van der Waals surface area contributed by atoms with E-state index >= 15 is 0 Å². The van der Waals surface area contributed by atoms with Crippen LogP contribution in [0.3, 0.4) is 0 Å². The van der Waals surface area contributed by atoms with E-state index in [1.54, 1.807) is 27.0 Å². The number of nitrogens with zero attached hydrogens (tertiary/aromatic N) is 3. The fourth-order valence-corrected chi connectivity index (χ4v) is 4.92. The molecule has 0 spiro atoms. The lowest BCUT2D eigenvalue weighted by Crippen LogP contribution is -2.41. The van der Waals surface area contributed by atoms with Gasteiger partial charge >= 0.3 is 0 Å². The number of aromatic nitrogens is 2. The van der Waals surface area contributed by atoms with Gasteiger partial charge in [0.1, 0.15) is 0 Å². The van der Waals surface area contributed by atoms with Gasteiger partial charge in [0.15, 0.2) is 5.03 Å². The molecular formula is C17H28N4O4S. The summed E-state index contributed by atoms with van der Waals surface area (Å²) in [6, 6.07) is 0. The van der Waals surface area contributed by atoms with E-state index in [2.05, 4.69) is 10.4 Å². The highest BCUT2D eigenvalue weighted by molar-refractivity contribution is 7.89. The van der Waals surface area contributed by atoms with Crippen LogP contribution in [-0.2, 0) is 14.8 Å². The van der Waals surface area contributed by atoms with Gasteiger partial charge in [-0.15, -0.1) is 0 Å². The molecule has 1 aromatic heterocycles. The molecule has 0 radical (unpaired) electrons. The molecule has 26 heavy (non-hydrogen) atoms. The monoisotopic (exact) mass is 384 g/mol. The minimum Gasteiger partial charge on any atom is -0.379 e. The zero-order valence-electron chi connectivity index (χ0n) is 15.7. The number of ether oxygens (including phenoxy) is 1. The van der Waals surface area contributed by atoms with Crippen LogP contribution >= 0.6 is 0 Å². The van der Waals surface area contributed by atoms with E-state index in [0.717, 1.165) is 25.9 Å². The summed E-state index contributed by atoms with van der Waals surface area (Å²) in [7, 11) is -3.75. The summed E-state index contributed by atoms with van der Waals surface area (Å²) >= 11 is 0. The van der Waals surface area contributed by atoms with Crippen molar-refractivity contribution in [3.05, 3.63) is 11.8 Å². The molecule has 1 N–H and O–H groups in total. The molecule has 2 aliphatic rings. The zero-order chi connectivity index (χ0) is 18.9. The maximum Gasteiger partial charge on any atom is 0.262 e. The summed E-state index contributed by atoms with van der Waals surface area (Å²) in [5.74, 6) is -0.125. The van der Waals surface area contributed by atoms with Crippen LogP contribution < -0.4 is 5.32 Å². The molecule has 0 aromatic carbocycles. The Labute approximate surface area is 154 Å². The summed E-state index contributed by atoms with van der Waals surface area (Å²) in [5, 5.41) is 7.60. The maximum atomic E-state index is 13.2. The predicted octanol–water partition coefficient (Wildman–Crippen LogP) is 1.06. The van der Waals surface area contributed by atoms with Gasteiger partial charge < -0.3 is 10.1 Å². The lowest BCUT2D eigenvalue weighted by molar-refractivity contribution is 0.0724. The van der Waals surface area contributed by atoms with Crippen LogP contribution in [0.15, 0.2) is 11.2 Å². The number of carbonyl (C=O) groups excluding carboxylic acids is 1. The van der Waals surface area contributed by atoms with E-state index < -0.39 is 15.4 Å². The minimum absolute atomic E-state index is 0.0314. The van der Waals surface area contributed by atoms with Gasteiger partial charge in [-0.3, -0.25) is 4.79 Å². The average molecular weight is 385 g/mol. The molecule has 0 amide bonds. The lowest BCUT2D eigenvalue weighted by Gasteiger charge is -2.27. The molecule has 0 bridgehead atoms. The third-order valence-corrected chi connectivity index (χ3v) is 6.74. The number of rotatable bonds is 3.